The van der Waals surface area contributed by atoms with E-state index in [1.54, 1.807) is 74.5 Å². The fourth-order valence-corrected chi connectivity index (χ4v) is 14.8. The van der Waals surface area contributed by atoms with E-state index in [2.05, 4.69) is 69.0 Å². The number of amides is 12. The van der Waals surface area contributed by atoms with Crippen LogP contribution in [-0.4, -0.2) is 192 Å². The van der Waals surface area contributed by atoms with Crippen molar-refractivity contribution in [3.05, 3.63) is 144 Å². The van der Waals surface area contributed by atoms with E-state index in [1.165, 1.54) is 13.8 Å². The Balaban J connectivity index is 0.000000436. The Bertz CT molecular complexity index is 4220. The zero-order valence-corrected chi connectivity index (χ0v) is 69.8. The van der Waals surface area contributed by atoms with Gasteiger partial charge in [0.2, 0.25) is 41.2 Å². The molecule has 33 nitrogen and oxygen atoms in total. The molecular formula is C82H115N13O20S2. The molecule has 2 aliphatic carbocycles. The van der Waals surface area contributed by atoms with Crippen molar-refractivity contribution in [2.45, 2.75) is 200 Å². The number of carbonyl (C=O) groups excluding carboxylic acids is 14. The Morgan fingerprint density at radius 2 is 0.761 bits per heavy atom. The van der Waals surface area contributed by atoms with Crippen LogP contribution in [0.25, 0.3) is 0 Å². The molecule has 0 saturated heterocycles. The Morgan fingerprint density at radius 3 is 1.11 bits per heavy atom. The summed E-state index contributed by atoms with van der Waals surface area (Å²) in [7, 11) is -7.82. The average Bonchev–Trinajstić information content (AvgIpc) is 0.841. The third-order valence-corrected chi connectivity index (χ3v) is 20.8. The molecule has 0 aliphatic heterocycles. The third-order valence-electron chi connectivity index (χ3n) is 18.9. The number of Topliss-reactive ketones (excluding diaryl/α,β-unsaturated/α-hetero) is 3. The standard InChI is InChI=1S/C48H64N8O10S.C34H51N5O10S/c1-6-19-37(50-44(59)38(30-67(5,64)65)51-46(61)42(36-26-17-10-18-27-36)54-48(63)66-29-31(2)3)43(45(60)49-28-39(58)52-40(32(4)57)33-20-11-7-12-21-33)55-56-47(62)53-41(34-22-13-8-14-23-34)35-24-15-9-16-25-35;1-6-13-25(30(42)33(45)35-18-27(41)38-28(22(4)40)23-14-9-7-10-15-23)36-31(43)26(20-50(5,47)48)37-32(44)29(24-16-11-8-12-17-24)39-34(46)49-19-21(2)3/h7-9,11-16,20-25,31,36-38,40-42H,6,10,17-19,26-30H2,1-5H3,(H,49,60)(H,50,59)(H,51,61)(H,52,58)(H,54,63)(H2,53,56,62);7,9-10,14-15,21,24-26,28-29H,6,8,11-13,16-20H2,1-5H3,(H,35,45)(H,36,43)(H,37,44)(H,38,41)(H,39,46)/b55-43-;. The number of sulfone groups is 2. The van der Waals surface area contributed by atoms with E-state index in [0.717, 1.165) is 62.2 Å². The lowest BCUT2D eigenvalue weighted by Gasteiger charge is -2.31. The molecule has 0 aromatic heterocycles. The third kappa shape index (κ3) is 35.2. The van der Waals surface area contributed by atoms with Gasteiger partial charge in [-0.05, 0) is 98.3 Å². The Morgan fingerprint density at radius 1 is 0.419 bits per heavy atom. The summed E-state index contributed by atoms with van der Waals surface area (Å²) < 4.78 is 60.7. The number of hydrogen-bond acceptors (Lipinski definition) is 21. The molecule has 35 heteroatoms. The van der Waals surface area contributed by atoms with Crippen molar-refractivity contribution in [2.24, 2.45) is 28.8 Å². The minimum absolute atomic E-state index is 0.0120. The number of ether oxygens (including phenoxy) is 2. The predicted molar refractivity (Wildman–Crippen MR) is 437 cm³/mol. The topological polar surface area (TPSA) is 482 Å². The van der Waals surface area contributed by atoms with Gasteiger partial charge in [-0.2, -0.15) is 5.10 Å². The number of hydrazone groups is 1. The van der Waals surface area contributed by atoms with Gasteiger partial charge in [0, 0.05) is 12.5 Å². The van der Waals surface area contributed by atoms with Crippen molar-refractivity contribution in [1.82, 2.24) is 63.9 Å². The van der Waals surface area contributed by atoms with Gasteiger partial charge in [-0.15, -0.1) is 0 Å². The summed E-state index contributed by atoms with van der Waals surface area (Å²) in [6.07, 6.45) is 8.31. The molecule has 2 aliphatic rings. The first kappa shape index (κ1) is 96.6. The number of hydrogen-bond donors (Lipinski definition) is 12. The van der Waals surface area contributed by atoms with E-state index >= 15 is 0 Å². The molecule has 8 unspecified atom stereocenters. The molecule has 0 heterocycles. The summed E-state index contributed by atoms with van der Waals surface area (Å²) in [5.74, 6) is -11.3. The summed E-state index contributed by atoms with van der Waals surface area (Å²) in [4.78, 5) is 185. The number of nitrogens with zero attached hydrogens (tertiary/aromatic N) is 1. The molecule has 12 amide bonds. The van der Waals surface area contributed by atoms with Crippen LogP contribution in [0.5, 0.6) is 0 Å². The zero-order valence-electron chi connectivity index (χ0n) is 68.1. The summed E-state index contributed by atoms with van der Waals surface area (Å²) in [6.45, 7) is 12.4. The maximum absolute atomic E-state index is 14.3. The highest BCUT2D eigenvalue weighted by atomic mass is 32.2. The van der Waals surface area contributed by atoms with E-state index in [1.807, 2.05) is 88.4 Å². The minimum atomic E-state index is -3.95. The van der Waals surface area contributed by atoms with E-state index in [0.29, 0.717) is 49.7 Å². The summed E-state index contributed by atoms with van der Waals surface area (Å²) in [5, 5.41) is 32.0. The molecule has 4 aromatic rings. The Kier molecular flexibility index (Phi) is 40.6. The quantitative estimate of drug-likeness (QED) is 0.0150. The number of alkyl carbamates (subject to hydrolysis) is 2. The summed E-state index contributed by atoms with van der Waals surface area (Å²) >= 11 is 0. The number of nitrogens with one attached hydrogen (secondary N) is 12. The number of rotatable bonds is 42. The van der Waals surface area contributed by atoms with Crippen LogP contribution in [0, 0.1) is 23.7 Å². The second-order valence-corrected chi connectivity index (χ2v) is 34.5. The van der Waals surface area contributed by atoms with E-state index in [9.17, 15) is 84.0 Å². The number of urea groups is 1. The van der Waals surface area contributed by atoms with Crippen molar-refractivity contribution < 1.29 is 93.4 Å². The van der Waals surface area contributed by atoms with Crippen molar-refractivity contribution >= 4 is 108 Å². The van der Waals surface area contributed by atoms with Crippen LogP contribution in [0.4, 0.5) is 14.4 Å². The molecule has 6 rings (SSSR count). The number of carbonyl (C=O) groups is 14. The molecule has 4 aromatic carbocycles. The second kappa shape index (κ2) is 49.2. The highest BCUT2D eigenvalue weighted by Gasteiger charge is 2.40. The van der Waals surface area contributed by atoms with Gasteiger partial charge in [0.25, 0.3) is 11.8 Å². The first-order valence-electron chi connectivity index (χ1n) is 39.4. The normalized spacial score (nSPS) is 15.3. The van der Waals surface area contributed by atoms with E-state index in [4.69, 9.17) is 9.47 Å². The van der Waals surface area contributed by atoms with Crippen LogP contribution in [-0.2, 0) is 81.9 Å². The maximum Gasteiger partial charge on any atom is 0.407 e. The van der Waals surface area contributed by atoms with Gasteiger partial charge in [0.1, 0.15) is 61.6 Å². The SMILES string of the molecule is CCCC(NC(=O)C(CS(C)(=O)=O)NC(=O)C(NC(=O)OCC(C)C)C1CCCCC1)/C(=N/NC(=O)NC(c1ccccc1)c1ccccc1)C(=O)NCC(=O)NC(C(C)=O)c1ccccc1.CCCC(NC(=O)C(CS(C)(=O)=O)NC(=O)C(NC(=O)OCC(C)C)C1CCCCC1)C(=O)C(=O)NCC(=O)NC(C(C)=O)c1ccccc1. The van der Waals surface area contributed by atoms with Crippen LogP contribution in [0.3, 0.4) is 0 Å². The van der Waals surface area contributed by atoms with Gasteiger partial charge in [0.15, 0.2) is 11.6 Å². The van der Waals surface area contributed by atoms with Gasteiger partial charge in [-0.1, -0.05) is 214 Å². The highest BCUT2D eigenvalue weighted by molar-refractivity contribution is 7.91. The molecule has 2 saturated carbocycles. The molecule has 0 spiro atoms. The smallest absolute Gasteiger partial charge is 0.407 e. The Labute approximate surface area is 684 Å². The van der Waals surface area contributed by atoms with Crippen molar-refractivity contribution in [3.63, 3.8) is 0 Å². The highest BCUT2D eigenvalue weighted by Crippen LogP contribution is 2.29. The van der Waals surface area contributed by atoms with Gasteiger partial charge in [-0.25, -0.2) is 36.6 Å². The maximum atomic E-state index is 14.3. The van der Waals surface area contributed by atoms with Crippen molar-refractivity contribution in [1.29, 1.82) is 0 Å². The molecular weight excluding hydrogens is 1550 g/mol. The second-order valence-electron chi connectivity index (χ2n) is 30.1. The lowest BCUT2D eigenvalue weighted by Crippen LogP contribution is -2.60. The van der Waals surface area contributed by atoms with Gasteiger partial charge < -0.3 is 68.0 Å². The number of ketones is 3. The van der Waals surface area contributed by atoms with Gasteiger partial charge in [-0.3, -0.25) is 52.7 Å². The van der Waals surface area contributed by atoms with Crippen LogP contribution in [0.15, 0.2) is 126 Å². The molecule has 117 heavy (non-hydrogen) atoms. The fraction of sp³-hybridized carbons (Fsp3) is 0.524. The van der Waals surface area contributed by atoms with E-state index in [-0.39, 0.29) is 61.3 Å². The lowest BCUT2D eigenvalue weighted by molar-refractivity contribution is -0.141. The molecule has 8 atom stereocenters. The van der Waals surface area contributed by atoms with Crippen molar-refractivity contribution in [2.75, 3.05) is 50.3 Å². The molecule has 2 fully saturated rings. The number of benzene rings is 4. The summed E-state index contributed by atoms with van der Waals surface area (Å²) in [6, 6.07) is 23.3. The largest absolute Gasteiger partial charge is 0.449 e. The molecule has 640 valence electrons. The lowest BCUT2D eigenvalue weighted by atomic mass is 9.83. The van der Waals surface area contributed by atoms with Crippen molar-refractivity contribution in [3.8, 4) is 0 Å². The molecule has 0 radical (unpaired) electrons. The van der Waals surface area contributed by atoms with Crippen LogP contribution >= 0.6 is 0 Å². The first-order valence-corrected chi connectivity index (χ1v) is 43.6. The fourth-order valence-electron chi connectivity index (χ4n) is 13.1. The first-order chi connectivity index (χ1) is 55.5. The van der Waals surface area contributed by atoms with E-state index < -0.39 is 176 Å². The monoisotopic (exact) mass is 1670 g/mol. The average molecular weight is 1670 g/mol. The van der Waals surface area contributed by atoms with Gasteiger partial charge in [0.05, 0.1) is 55.9 Å². The zero-order chi connectivity index (χ0) is 86.4. The predicted octanol–water partition coefficient (Wildman–Crippen LogP) is 5.40. The minimum Gasteiger partial charge on any atom is -0.449 e. The van der Waals surface area contributed by atoms with Crippen LogP contribution < -0.4 is 63.9 Å². The van der Waals surface area contributed by atoms with Crippen LogP contribution in [0.2, 0.25) is 0 Å². The Hall–Kier alpha value is -11.0. The van der Waals surface area contributed by atoms with Gasteiger partial charge >= 0.3 is 18.2 Å². The van der Waals surface area contributed by atoms with Crippen LogP contribution in [0.1, 0.15) is 186 Å². The summed E-state index contributed by atoms with van der Waals surface area (Å²) in [5.41, 5.74) is 4.40. The molecule has 12 N–H and O–H groups in total. The molecule has 0 bridgehead atoms.